The second-order valence-electron chi connectivity index (χ2n) is 5.55. The van der Waals surface area contributed by atoms with Crippen LogP contribution in [0.1, 0.15) is 32.3 Å². The van der Waals surface area contributed by atoms with E-state index in [0.717, 1.165) is 17.7 Å². The molecule has 0 aliphatic carbocycles. The minimum Gasteiger partial charge on any atom is -0.344 e. The number of carbonyl (C=O) groups excluding carboxylic acids is 2. The van der Waals surface area contributed by atoms with Crippen LogP contribution >= 0.6 is 11.6 Å². The van der Waals surface area contributed by atoms with E-state index in [1.807, 2.05) is 32.9 Å². The Kier molecular flexibility index (Phi) is 4.88. The van der Waals surface area contributed by atoms with Crippen LogP contribution in [0.15, 0.2) is 18.2 Å². The molecule has 114 valence electrons. The fraction of sp³-hybridized carbons (Fsp3) is 0.500. The Bertz CT molecular complexity index is 559. The van der Waals surface area contributed by atoms with Crippen molar-refractivity contribution >= 4 is 29.1 Å². The van der Waals surface area contributed by atoms with Crippen LogP contribution in [-0.2, 0) is 9.59 Å². The van der Waals surface area contributed by atoms with E-state index in [1.54, 1.807) is 11.0 Å². The number of anilines is 1. The predicted molar refractivity (Wildman–Crippen MR) is 84.5 cm³/mol. The van der Waals surface area contributed by atoms with Crippen molar-refractivity contribution < 1.29 is 9.59 Å². The molecule has 21 heavy (non-hydrogen) atoms. The molecule has 1 aliphatic rings. The standard InChI is InChI=1S/C16H21ClN2O2/c1-4-10(2)15-16(21)19(9-8-14(20)18-15)13-7-5-6-12(17)11(13)3/h5-7,10,15H,4,8-9H2,1-3H3,(H,18,20). The molecule has 1 aromatic carbocycles. The summed E-state index contributed by atoms with van der Waals surface area (Å²) < 4.78 is 0. The summed E-state index contributed by atoms with van der Waals surface area (Å²) in [5.74, 6) is -0.0297. The van der Waals surface area contributed by atoms with Crippen LogP contribution in [0.5, 0.6) is 0 Å². The summed E-state index contributed by atoms with van der Waals surface area (Å²) in [5, 5.41) is 3.48. The van der Waals surface area contributed by atoms with E-state index in [2.05, 4.69) is 5.32 Å². The van der Waals surface area contributed by atoms with Gasteiger partial charge in [0.1, 0.15) is 6.04 Å². The summed E-state index contributed by atoms with van der Waals surface area (Å²) in [4.78, 5) is 26.4. The van der Waals surface area contributed by atoms with Crippen molar-refractivity contribution in [3.05, 3.63) is 28.8 Å². The van der Waals surface area contributed by atoms with Crippen LogP contribution in [0.3, 0.4) is 0 Å². The molecule has 2 unspecified atom stereocenters. The smallest absolute Gasteiger partial charge is 0.249 e. The number of carbonyl (C=O) groups is 2. The molecule has 1 aliphatic heterocycles. The Morgan fingerprint density at radius 1 is 1.43 bits per heavy atom. The van der Waals surface area contributed by atoms with Gasteiger partial charge in [-0.15, -0.1) is 0 Å². The summed E-state index contributed by atoms with van der Waals surface area (Å²) in [5.41, 5.74) is 1.65. The maximum absolute atomic E-state index is 12.8. The SMILES string of the molecule is CCC(C)C1NC(=O)CCN(c2cccc(Cl)c2C)C1=O. The van der Waals surface area contributed by atoms with Crippen LogP contribution in [0.4, 0.5) is 5.69 Å². The monoisotopic (exact) mass is 308 g/mol. The minimum atomic E-state index is -0.469. The molecule has 0 spiro atoms. The van der Waals surface area contributed by atoms with Gasteiger partial charge in [0.05, 0.1) is 0 Å². The maximum atomic E-state index is 12.8. The lowest BCUT2D eigenvalue weighted by Crippen LogP contribution is -2.48. The molecular weight excluding hydrogens is 288 g/mol. The molecule has 0 radical (unpaired) electrons. The van der Waals surface area contributed by atoms with Crippen LogP contribution < -0.4 is 10.2 Å². The molecule has 0 aromatic heterocycles. The second kappa shape index (κ2) is 6.48. The minimum absolute atomic E-state index is 0.0550. The predicted octanol–water partition coefficient (Wildman–Crippen LogP) is 2.92. The highest BCUT2D eigenvalue weighted by Gasteiger charge is 2.34. The van der Waals surface area contributed by atoms with E-state index in [4.69, 9.17) is 11.6 Å². The number of hydrogen-bond acceptors (Lipinski definition) is 2. The van der Waals surface area contributed by atoms with E-state index in [9.17, 15) is 9.59 Å². The van der Waals surface area contributed by atoms with E-state index >= 15 is 0 Å². The van der Waals surface area contributed by atoms with Gasteiger partial charge >= 0.3 is 0 Å². The summed E-state index contributed by atoms with van der Waals surface area (Å²) in [6.07, 6.45) is 1.14. The third kappa shape index (κ3) is 3.21. The molecule has 1 aromatic rings. The first-order valence-corrected chi connectivity index (χ1v) is 7.69. The topological polar surface area (TPSA) is 49.4 Å². The first kappa shape index (κ1) is 15.8. The second-order valence-corrected chi connectivity index (χ2v) is 5.96. The van der Waals surface area contributed by atoms with Crippen LogP contribution in [0.2, 0.25) is 5.02 Å². The molecule has 1 heterocycles. The molecule has 1 saturated heterocycles. The zero-order valence-corrected chi connectivity index (χ0v) is 13.4. The Labute approximate surface area is 130 Å². The van der Waals surface area contributed by atoms with Gasteiger partial charge in [-0.1, -0.05) is 37.9 Å². The molecule has 0 bridgehead atoms. The molecule has 2 rings (SSSR count). The summed E-state index contributed by atoms with van der Waals surface area (Å²) >= 11 is 6.16. The number of nitrogens with zero attached hydrogens (tertiary/aromatic N) is 1. The lowest BCUT2D eigenvalue weighted by Gasteiger charge is -2.28. The van der Waals surface area contributed by atoms with Gasteiger partial charge in [-0.2, -0.15) is 0 Å². The highest BCUT2D eigenvalue weighted by Crippen LogP contribution is 2.28. The number of amides is 2. The van der Waals surface area contributed by atoms with Crippen molar-refractivity contribution in [1.82, 2.24) is 5.32 Å². The van der Waals surface area contributed by atoms with Gasteiger partial charge in [-0.25, -0.2) is 0 Å². The molecule has 1 fully saturated rings. The Morgan fingerprint density at radius 2 is 2.14 bits per heavy atom. The number of rotatable bonds is 3. The van der Waals surface area contributed by atoms with Crippen LogP contribution in [-0.4, -0.2) is 24.4 Å². The third-order valence-electron chi connectivity index (χ3n) is 4.15. The molecule has 4 nitrogen and oxygen atoms in total. The van der Waals surface area contributed by atoms with Gasteiger partial charge < -0.3 is 10.2 Å². The average Bonchev–Trinajstić information content (AvgIpc) is 2.61. The zero-order chi connectivity index (χ0) is 15.6. The van der Waals surface area contributed by atoms with E-state index in [-0.39, 0.29) is 17.7 Å². The quantitative estimate of drug-likeness (QED) is 0.933. The highest BCUT2D eigenvalue weighted by atomic mass is 35.5. The zero-order valence-electron chi connectivity index (χ0n) is 12.6. The van der Waals surface area contributed by atoms with Gasteiger partial charge in [0.2, 0.25) is 11.8 Å². The Balaban J connectivity index is 2.40. The largest absolute Gasteiger partial charge is 0.344 e. The fourth-order valence-corrected chi connectivity index (χ4v) is 2.72. The van der Waals surface area contributed by atoms with Crippen molar-refractivity contribution in [2.45, 2.75) is 39.7 Å². The Hall–Kier alpha value is -1.55. The number of nitrogens with one attached hydrogen (secondary N) is 1. The van der Waals surface area contributed by atoms with E-state index in [0.29, 0.717) is 18.0 Å². The van der Waals surface area contributed by atoms with Crippen LogP contribution in [0.25, 0.3) is 0 Å². The number of halogens is 1. The van der Waals surface area contributed by atoms with Gasteiger partial charge in [0.25, 0.3) is 0 Å². The van der Waals surface area contributed by atoms with Gasteiger partial charge in [0.15, 0.2) is 0 Å². The molecular formula is C16H21ClN2O2. The van der Waals surface area contributed by atoms with E-state index in [1.165, 1.54) is 0 Å². The van der Waals surface area contributed by atoms with Gasteiger partial charge in [-0.05, 0) is 30.5 Å². The van der Waals surface area contributed by atoms with Crippen molar-refractivity contribution in [1.29, 1.82) is 0 Å². The molecule has 2 amide bonds. The molecule has 5 heteroatoms. The molecule has 1 N–H and O–H groups in total. The third-order valence-corrected chi connectivity index (χ3v) is 4.56. The first-order chi connectivity index (χ1) is 9.95. The maximum Gasteiger partial charge on any atom is 0.249 e. The van der Waals surface area contributed by atoms with Gasteiger partial charge in [0, 0.05) is 23.7 Å². The van der Waals surface area contributed by atoms with Crippen molar-refractivity contribution in [3.8, 4) is 0 Å². The number of hydrogen-bond donors (Lipinski definition) is 1. The summed E-state index contributed by atoms with van der Waals surface area (Å²) in [6, 6.07) is 5.04. The lowest BCUT2D eigenvalue weighted by molar-refractivity contribution is -0.126. The Morgan fingerprint density at radius 3 is 2.81 bits per heavy atom. The molecule has 0 saturated carbocycles. The summed E-state index contributed by atoms with van der Waals surface area (Å²) in [7, 11) is 0. The summed E-state index contributed by atoms with van der Waals surface area (Å²) in [6.45, 7) is 6.28. The molecule has 2 atom stereocenters. The first-order valence-electron chi connectivity index (χ1n) is 7.31. The number of benzene rings is 1. The normalized spacial score (nSPS) is 21.0. The van der Waals surface area contributed by atoms with Crippen molar-refractivity contribution in [2.24, 2.45) is 5.92 Å². The lowest BCUT2D eigenvalue weighted by atomic mass is 9.97. The average molecular weight is 309 g/mol. The van der Waals surface area contributed by atoms with E-state index < -0.39 is 6.04 Å². The van der Waals surface area contributed by atoms with Crippen LogP contribution in [0, 0.1) is 12.8 Å². The van der Waals surface area contributed by atoms with Crippen molar-refractivity contribution in [3.63, 3.8) is 0 Å². The highest BCUT2D eigenvalue weighted by molar-refractivity contribution is 6.31. The fourth-order valence-electron chi connectivity index (χ4n) is 2.55. The van der Waals surface area contributed by atoms with Crippen molar-refractivity contribution in [2.75, 3.05) is 11.4 Å². The van der Waals surface area contributed by atoms with Gasteiger partial charge in [-0.3, -0.25) is 9.59 Å².